The van der Waals surface area contributed by atoms with Gasteiger partial charge in [0.05, 0.1) is 15.3 Å². The van der Waals surface area contributed by atoms with Crippen molar-refractivity contribution in [1.82, 2.24) is 8.87 Å². The van der Waals surface area contributed by atoms with Crippen LogP contribution in [0.15, 0.2) is 88.6 Å². The molecule has 11 heteroatoms. The highest BCUT2D eigenvalue weighted by atomic mass is 32.2. The highest BCUT2D eigenvalue weighted by Gasteiger charge is 2.34. The van der Waals surface area contributed by atoms with Gasteiger partial charge in [-0.05, 0) is 42.5 Å². The zero-order valence-electron chi connectivity index (χ0n) is 19.0. The van der Waals surface area contributed by atoms with Crippen molar-refractivity contribution in [2.24, 2.45) is 0 Å². The number of sulfonamides is 1. The van der Waals surface area contributed by atoms with Gasteiger partial charge in [0.15, 0.2) is 0 Å². The summed E-state index contributed by atoms with van der Waals surface area (Å²) >= 11 is 0. The molecular formula is C25H21FN4O5S. The van der Waals surface area contributed by atoms with Crippen LogP contribution in [0.4, 0.5) is 15.8 Å². The summed E-state index contributed by atoms with van der Waals surface area (Å²) < 4.78 is 41.9. The van der Waals surface area contributed by atoms with Crippen molar-refractivity contribution in [2.45, 2.75) is 4.90 Å². The smallest absolute Gasteiger partial charge is 0.358 e. The fourth-order valence-electron chi connectivity index (χ4n) is 4.54. The van der Waals surface area contributed by atoms with Gasteiger partial charge in [-0.1, -0.05) is 36.4 Å². The van der Waals surface area contributed by atoms with Crippen molar-refractivity contribution in [2.75, 3.05) is 31.1 Å². The van der Waals surface area contributed by atoms with Crippen molar-refractivity contribution in [1.29, 1.82) is 0 Å². The molecule has 0 aliphatic carbocycles. The topological polar surface area (TPSA) is 106 Å². The highest BCUT2D eigenvalue weighted by Crippen LogP contribution is 2.35. The van der Waals surface area contributed by atoms with Gasteiger partial charge in [-0.25, -0.2) is 12.8 Å². The molecule has 0 saturated carbocycles. The summed E-state index contributed by atoms with van der Waals surface area (Å²) in [5.41, 5.74) is -0.139. The number of pyridine rings is 1. The Labute approximate surface area is 205 Å². The number of benzene rings is 3. The summed E-state index contributed by atoms with van der Waals surface area (Å²) in [6.45, 7) is 0.375. The lowest BCUT2D eigenvalue weighted by atomic mass is 10.1. The SMILES string of the molecule is O=c1c([N+](=O)[O-])c(N2CCN(S(=O)(=O)c3ccc(F)cc3)CC2)c2ccccc2n1-c1ccccc1. The van der Waals surface area contributed by atoms with Crippen LogP contribution in [0.3, 0.4) is 0 Å². The van der Waals surface area contributed by atoms with Gasteiger partial charge in [0, 0.05) is 37.3 Å². The van der Waals surface area contributed by atoms with Gasteiger partial charge >= 0.3 is 11.2 Å². The summed E-state index contributed by atoms with van der Waals surface area (Å²) in [6, 6.07) is 20.2. The fraction of sp³-hybridized carbons (Fsp3) is 0.160. The Morgan fingerprint density at radius 2 is 1.44 bits per heavy atom. The van der Waals surface area contributed by atoms with Gasteiger partial charge in [-0.2, -0.15) is 4.31 Å². The van der Waals surface area contributed by atoms with Crippen molar-refractivity contribution in [3.63, 3.8) is 0 Å². The Morgan fingerprint density at radius 3 is 2.08 bits per heavy atom. The third kappa shape index (κ3) is 4.01. The minimum absolute atomic E-state index is 0.0285. The number of halogens is 1. The predicted octanol–water partition coefficient (Wildman–Crippen LogP) is 3.55. The number of hydrogen-bond donors (Lipinski definition) is 0. The van der Waals surface area contributed by atoms with Crippen LogP contribution in [-0.2, 0) is 10.0 Å². The molecule has 184 valence electrons. The summed E-state index contributed by atoms with van der Waals surface area (Å²) in [7, 11) is -3.86. The lowest BCUT2D eigenvalue weighted by Crippen LogP contribution is -2.49. The molecule has 1 saturated heterocycles. The Morgan fingerprint density at radius 1 is 0.833 bits per heavy atom. The van der Waals surface area contributed by atoms with E-state index in [1.165, 1.54) is 21.0 Å². The van der Waals surface area contributed by atoms with E-state index in [-0.39, 0.29) is 36.8 Å². The minimum Gasteiger partial charge on any atom is -0.363 e. The number of nitrogens with zero attached hydrogens (tertiary/aromatic N) is 4. The lowest BCUT2D eigenvalue weighted by Gasteiger charge is -2.35. The number of rotatable bonds is 5. The second kappa shape index (κ2) is 9.17. The predicted molar refractivity (Wildman–Crippen MR) is 134 cm³/mol. The van der Waals surface area contributed by atoms with Gasteiger partial charge in [0.25, 0.3) is 0 Å². The maximum atomic E-state index is 13.5. The molecule has 1 aliphatic heterocycles. The number of fused-ring (bicyclic) bond motifs is 1. The molecule has 36 heavy (non-hydrogen) atoms. The largest absolute Gasteiger partial charge is 0.363 e. The molecule has 1 aromatic heterocycles. The van der Waals surface area contributed by atoms with E-state index < -0.39 is 32.0 Å². The first kappa shape index (κ1) is 23.6. The average molecular weight is 509 g/mol. The molecule has 0 atom stereocenters. The Kier molecular flexibility index (Phi) is 6.02. The van der Waals surface area contributed by atoms with Crippen molar-refractivity contribution < 1.29 is 17.7 Å². The molecule has 9 nitrogen and oxygen atoms in total. The molecule has 5 rings (SSSR count). The first-order valence-corrected chi connectivity index (χ1v) is 12.6. The van der Waals surface area contributed by atoms with Gasteiger partial charge < -0.3 is 4.90 Å². The van der Waals surface area contributed by atoms with E-state index in [1.54, 1.807) is 59.5 Å². The quantitative estimate of drug-likeness (QED) is 0.302. The van der Waals surface area contributed by atoms with E-state index in [0.29, 0.717) is 16.6 Å². The van der Waals surface area contributed by atoms with Crippen molar-refractivity contribution >= 4 is 32.3 Å². The Hall–Kier alpha value is -4.09. The molecule has 0 spiro atoms. The molecule has 4 aromatic rings. The molecule has 0 radical (unpaired) electrons. The van der Waals surface area contributed by atoms with Crippen molar-refractivity contribution in [3.8, 4) is 5.69 Å². The maximum Gasteiger partial charge on any atom is 0.358 e. The van der Waals surface area contributed by atoms with Crippen LogP contribution in [0.5, 0.6) is 0 Å². The fourth-order valence-corrected chi connectivity index (χ4v) is 5.96. The molecular weight excluding hydrogens is 487 g/mol. The van der Waals surface area contributed by atoms with Gasteiger partial charge in [0.1, 0.15) is 11.5 Å². The molecule has 0 bridgehead atoms. The zero-order chi connectivity index (χ0) is 25.4. The first-order chi connectivity index (χ1) is 17.3. The van der Waals surface area contributed by atoms with E-state index in [1.807, 2.05) is 0 Å². The van der Waals surface area contributed by atoms with Crippen molar-refractivity contribution in [3.05, 3.63) is 105 Å². The maximum absolute atomic E-state index is 13.5. The molecule has 0 N–H and O–H groups in total. The normalized spacial score (nSPS) is 14.8. The van der Waals surface area contributed by atoms with E-state index in [9.17, 15) is 27.7 Å². The standard InChI is InChI=1S/C25H21FN4O5S/c26-18-10-12-20(13-11-18)36(34,35)28-16-14-27(15-17-28)23-21-8-4-5-9-22(21)29(19-6-2-1-3-7-19)25(31)24(23)30(32)33/h1-13H,14-17H2. The summed E-state index contributed by atoms with van der Waals surface area (Å²) in [5, 5.41) is 12.7. The van der Waals surface area contributed by atoms with Crippen LogP contribution < -0.4 is 10.5 Å². The average Bonchev–Trinajstić information content (AvgIpc) is 2.88. The number of aromatic nitrogens is 1. The van der Waals surface area contributed by atoms with E-state index >= 15 is 0 Å². The summed E-state index contributed by atoms with van der Waals surface area (Å²) in [5.74, 6) is -0.539. The second-order valence-electron chi connectivity index (χ2n) is 8.29. The van der Waals surface area contributed by atoms with Crippen LogP contribution in [0.25, 0.3) is 16.6 Å². The monoisotopic (exact) mass is 508 g/mol. The molecule has 0 unspecified atom stereocenters. The van der Waals surface area contributed by atoms with Crippen LogP contribution in [0, 0.1) is 15.9 Å². The lowest BCUT2D eigenvalue weighted by molar-refractivity contribution is -0.385. The van der Waals surface area contributed by atoms with E-state index in [2.05, 4.69) is 0 Å². The molecule has 1 fully saturated rings. The third-order valence-corrected chi connectivity index (χ3v) is 8.15. The number of nitro groups is 1. The van der Waals surface area contributed by atoms with Crippen LogP contribution >= 0.6 is 0 Å². The Bertz CT molecular complexity index is 1610. The van der Waals surface area contributed by atoms with Crippen LogP contribution in [-0.4, -0.2) is 48.4 Å². The number of piperazine rings is 1. The highest BCUT2D eigenvalue weighted by molar-refractivity contribution is 7.89. The molecule has 0 amide bonds. The van der Waals surface area contributed by atoms with E-state index in [0.717, 1.165) is 12.1 Å². The molecule has 3 aromatic carbocycles. The zero-order valence-corrected chi connectivity index (χ0v) is 19.8. The second-order valence-corrected chi connectivity index (χ2v) is 10.2. The first-order valence-electron chi connectivity index (χ1n) is 11.2. The van der Waals surface area contributed by atoms with Crippen LogP contribution in [0.1, 0.15) is 0 Å². The molecule has 2 heterocycles. The third-order valence-electron chi connectivity index (χ3n) is 6.23. The van der Waals surface area contributed by atoms with Gasteiger partial charge in [0.2, 0.25) is 10.0 Å². The van der Waals surface area contributed by atoms with E-state index in [4.69, 9.17) is 0 Å². The van der Waals surface area contributed by atoms with Gasteiger partial charge in [-0.3, -0.25) is 19.5 Å². The number of hydrogen-bond acceptors (Lipinski definition) is 6. The minimum atomic E-state index is -3.86. The Balaban J connectivity index is 1.57. The van der Waals surface area contributed by atoms with Crippen LogP contribution in [0.2, 0.25) is 0 Å². The molecule has 1 aliphatic rings. The summed E-state index contributed by atoms with van der Waals surface area (Å²) in [6.07, 6.45) is 0. The van der Waals surface area contributed by atoms with Gasteiger partial charge in [-0.15, -0.1) is 0 Å². The number of anilines is 1. The summed E-state index contributed by atoms with van der Waals surface area (Å²) in [4.78, 5) is 26.6. The number of para-hydroxylation sites is 2.